The molecule has 3 atom stereocenters. The number of carbonyl (C=O) groups excluding carboxylic acids is 2. The molecule has 2 aliphatic rings. The number of thiophene rings is 1. The van der Waals surface area contributed by atoms with Gasteiger partial charge in [0.15, 0.2) is 6.10 Å². The Hall–Kier alpha value is -2.67. The van der Waals surface area contributed by atoms with Crippen LogP contribution < -0.4 is 9.96 Å². The number of fused-ring (bicyclic) bond motifs is 1. The van der Waals surface area contributed by atoms with Crippen molar-refractivity contribution in [3.05, 3.63) is 81.5 Å². The number of rotatable bonds is 3. The maximum Gasteiger partial charge on any atom is 0.266 e. The Kier molecular flexibility index (Phi) is 4.42. The molecule has 0 saturated carbocycles. The molecule has 5 nitrogen and oxygen atoms in total. The third-order valence-electron chi connectivity index (χ3n) is 5.29. The number of anilines is 2. The van der Waals surface area contributed by atoms with E-state index in [1.54, 1.807) is 34.6 Å². The van der Waals surface area contributed by atoms with Crippen molar-refractivity contribution >= 4 is 46.1 Å². The number of nitrogens with zero attached hydrogens (tertiary/aromatic N) is 2. The predicted octanol–water partition coefficient (Wildman–Crippen LogP) is 4.76. The smallest absolute Gasteiger partial charge is 0.266 e. The molecular weight excluding hydrogens is 408 g/mol. The molecule has 2 amide bonds. The first kappa shape index (κ1) is 18.4. The van der Waals surface area contributed by atoms with Crippen LogP contribution in [0.4, 0.5) is 11.4 Å². The van der Waals surface area contributed by atoms with E-state index in [2.05, 4.69) is 0 Å². The molecule has 2 saturated heterocycles. The van der Waals surface area contributed by atoms with Crippen LogP contribution >= 0.6 is 22.9 Å². The molecule has 3 aromatic rings. The fourth-order valence-electron chi connectivity index (χ4n) is 4.00. The number of carbonyl (C=O) groups is 2. The number of hydroxylamine groups is 1. The average Bonchev–Trinajstić information content (AvgIpc) is 3.40. The summed E-state index contributed by atoms with van der Waals surface area (Å²) in [5, 5.41) is 4.25. The highest BCUT2D eigenvalue weighted by Crippen LogP contribution is 2.48. The third kappa shape index (κ3) is 2.95. The maximum absolute atomic E-state index is 13.4. The molecule has 0 N–H and O–H groups in total. The van der Waals surface area contributed by atoms with Gasteiger partial charge in [0.2, 0.25) is 5.91 Å². The molecule has 5 rings (SSSR count). The highest BCUT2D eigenvalue weighted by atomic mass is 35.5. The lowest BCUT2D eigenvalue weighted by Crippen LogP contribution is -2.37. The van der Waals surface area contributed by atoms with Gasteiger partial charge in [-0.2, -0.15) is 0 Å². The van der Waals surface area contributed by atoms with Gasteiger partial charge in [-0.1, -0.05) is 29.8 Å². The Morgan fingerprint density at radius 3 is 2.45 bits per heavy atom. The lowest BCUT2D eigenvalue weighted by molar-refractivity contribution is -0.126. The molecular formula is C22H17ClN2O3S. The Balaban J connectivity index is 1.57. The van der Waals surface area contributed by atoms with Crippen molar-refractivity contribution in [1.29, 1.82) is 0 Å². The zero-order valence-electron chi connectivity index (χ0n) is 15.5. The summed E-state index contributed by atoms with van der Waals surface area (Å²) in [6, 6.07) is 18.1. The summed E-state index contributed by atoms with van der Waals surface area (Å²) < 4.78 is 0. The fraction of sp³-hybridized carbons (Fsp3) is 0.182. The Morgan fingerprint density at radius 1 is 0.966 bits per heavy atom. The van der Waals surface area contributed by atoms with Crippen molar-refractivity contribution in [3.8, 4) is 0 Å². The van der Waals surface area contributed by atoms with E-state index in [4.69, 9.17) is 16.4 Å². The Bertz CT molecular complexity index is 1080. The predicted molar refractivity (Wildman–Crippen MR) is 113 cm³/mol. The van der Waals surface area contributed by atoms with Gasteiger partial charge in [-0.05, 0) is 60.3 Å². The minimum atomic E-state index is -0.856. The molecule has 1 aromatic heterocycles. The van der Waals surface area contributed by atoms with Gasteiger partial charge in [-0.25, -0.2) is 9.96 Å². The summed E-state index contributed by atoms with van der Waals surface area (Å²) in [7, 11) is 0. The van der Waals surface area contributed by atoms with Crippen LogP contribution in [0.25, 0.3) is 0 Å². The van der Waals surface area contributed by atoms with Crippen LogP contribution in [0.1, 0.15) is 16.5 Å². The normalized spacial score (nSPS) is 23.7. The summed E-state index contributed by atoms with van der Waals surface area (Å²) in [5.41, 5.74) is 2.32. The SMILES string of the molecule is Cc1cccc(N2C(=O)[C@@H]3[C@H](ON(c4ccc(Cl)cc4)[C@@H]3c3cccs3)C2=O)c1. The van der Waals surface area contributed by atoms with Crippen LogP contribution in [0, 0.1) is 12.8 Å². The molecule has 2 fully saturated rings. The Labute approximate surface area is 177 Å². The number of amides is 2. The number of benzene rings is 2. The van der Waals surface area contributed by atoms with Gasteiger partial charge in [0.05, 0.1) is 11.4 Å². The van der Waals surface area contributed by atoms with E-state index in [0.29, 0.717) is 10.7 Å². The molecule has 7 heteroatoms. The summed E-state index contributed by atoms with van der Waals surface area (Å²) >= 11 is 7.57. The van der Waals surface area contributed by atoms with Gasteiger partial charge < -0.3 is 0 Å². The maximum atomic E-state index is 13.4. The molecule has 0 spiro atoms. The van der Waals surface area contributed by atoms with Gasteiger partial charge in [0.1, 0.15) is 12.0 Å². The number of halogens is 1. The zero-order valence-corrected chi connectivity index (χ0v) is 17.1. The van der Waals surface area contributed by atoms with E-state index in [0.717, 1.165) is 16.1 Å². The van der Waals surface area contributed by atoms with Crippen LogP contribution in [-0.2, 0) is 14.4 Å². The average molecular weight is 425 g/mol. The second-order valence-corrected chi connectivity index (χ2v) is 8.58. The van der Waals surface area contributed by atoms with E-state index in [-0.39, 0.29) is 17.9 Å². The van der Waals surface area contributed by atoms with Crippen LogP contribution in [0.3, 0.4) is 0 Å². The van der Waals surface area contributed by atoms with Crippen molar-refractivity contribution < 1.29 is 14.4 Å². The standard InChI is InChI=1S/C22H17ClN2O3S/c1-13-4-2-5-16(12-13)24-21(26)18-19(17-6-3-11-29-17)25(28-20(18)22(24)27)15-9-7-14(23)8-10-15/h2-12,18-20H,1H3/t18-,19+,20-/m0/s1. The van der Waals surface area contributed by atoms with Crippen molar-refractivity contribution in [2.24, 2.45) is 5.92 Å². The van der Waals surface area contributed by atoms with Gasteiger partial charge in [0, 0.05) is 9.90 Å². The first-order chi connectivity index (χ1) is 14.0. The van der Waals surface area contributed by atoms with E-state index >= 15 is 0 Å². The number of hydrogen-bond donors (Lipinski definition) is 0. The third-order valence-corrected chi connectivity index (χ3v) is 6.49. The first-order valence-corrected chi connectivity index (χ1v) is 10.5. The number of aryl methyl sites for hydroxylation is 1. The van der Waals surface area contributed by atoms with Crippen LogP contribution in [0.15, 0.2) is 66.0 Å². The van der Waals surface area contributed by atoms with Crippen molar-refractivity contribution in [3.63, 3.8) is 0 Å². The Morgan fingerprint density at radius 2 is 1.76 bits per heavy atom. The van der Waals surface area contributed by atoms with E-state index in [1.165, 1.54) is 4.90 Å². The largest absolute Gasteiger partial charge is 0.273 e. The van der Waals surface area contributed by atoms with Crippen molar-refractivity contribution in [2.75, 3.05) is 9.96 Å². The molecule has 0 aliphatic carbocycles. The lowest BCUT2D eigenvalue weighted by atomic mass is 9.95. The quantitative estimate of drug-likeness (QED) is 0.569. The molecule has 2 aliphatic heterocycles. The summed E-state index contributed by atoms with van der Waals surface area (Å²) in [6.07, 6.45) is -0.856. The molecule has 0 bridgehead atoms. The van der Waals surface area contributed by atoms with Gasteiger partial charge in [-0.3, -0.25) is 14.4 Å². The first-order valence-electron chi connectivity index (χ1n) is 9.24. The number of hydrogen-bond acceptors (Lipinski definition) is 5. The van der Waals surface area contributed by atoms with Crippen LogP contribution in [-0.4, -0.2) is 17.9 Å². The highest BCUT2D eigenvalue weighted by molar-refractivity contribution is 7.10. The zero-order chi connectivity index (χ0) is 20.1. The van der Waals surface area contributed by atoms with Gasteiger partial charge >= 0.3 is 0 Å². The van der Waals surface area contributed by atoms with E-state index < -0.39 is 12.0 Å². The lowest BCUT2D eigenvalue weighted by Gasteiger charge is -2.28. The van der Waals surface area contributed by atoms with Crippen LogP contribution in [0.5, 0.6) is 0 Å². The molecule has 0 radical (unpaired) electrons. The molecule has 3 heterocycles. The van der Waals surface area contributed by atoms with Crippen molar-refractivity contribution in [1.82, 2.24) is 0 Å². The van der Waals surface area contributed by atoms with Gasteiger partial charge in [0.25, 0.3) is 5.91 Å². The molecule has 146 valence electrons. The molecule has 2 aromatic carbocycles. The van der Waals surface area contributed by atoms with Gasteiger partial charge in [-0.15, -0.1) is 11.3 Å². The molecule has 29 heavy (non-hydrogen) atoms. The monoisotopic (exact) mass is 424 g/mol. The fourth-order valence-corrected chi connectivity index (χ4v) is 4.98. The summed E-state index contributed by atoms with van der Waals surface area (Å²) in [6.45, 7) is 1.93. The minimum Gasteiger partial charge on any atom is -0.273 e. The summed E-state index contributed by atoms with van der Waals surface area (Å²) in [5.74, 6) is -1.18. The second kappa shape index (κ2) is 6.99. The minimum absolute atomic E-state index is 0.236. The second-order valence-electron chi connectivity index (χ2n) is 7.17. The molecule has 0 unspecified atom stereocenters. The van der Waals surface area contributed by atoms with E-state index in [1.807, 2.05) is 54.8 Å². The van der Waals surface area contributed by atoms with Crippen LogP contribution in [0.2, 0.25) is 5.02 Å². The highest BCUT2D eigenvalue weighted by Gasteiger charge is 2.60. The topological polar surface area (TPSA) is 49.9 Å². The summed E-state index contributed by atoms with van der Waals surface area (Å²) in [4.78, 5) is 35.0. The van der Waals surface area contributed by atoms with E-state index in [9.17, 15) is 9.59 Å². The number of imide groups is 1. The van der Waals surface area contributed by atoms with Crippen molar-refractivity contribution in [2.45, 2.75) is 19.1 Å².